The molecule has 0 atom stereocenters. The van der Waals surface area contributed by atoms with E-state index < -0.39 is 0 Å². The predicted molar refractivity (Wildman–Crippen MR) is 95.9 cm³/mol. The van der Waals surface area contributed by atoms with Gasteiger partial charge in [0, 0.05) is 12.1 Å². The van der Waals surface area contributed by atoms with Gasteiger partial charge in [-0.25, -0.2) is 4.98 Å². The predicted octanol–water partition coefficient (Wildman–Crippen LogP) is 3.39. The molecule has 1 amide bonds. The number of nitrogens with zero attached hydrogens (tertiary/aromatic N) is 1. The van der Waals surface area contributed by atoms with Crippen LogP contribution in [0.1, 0.15) is 5.56 Å². The number of fused-ring (bicyclic) bond motifs is 2. The summed E-state index contributed by atoms with van der Waals surface area (Å²) in [5, 5.41) is 3.29. The lowest BCUT2D eigenvalue weighted by Crippen LogP contribution is -2.20. The van der Waals surface area contributed by atoms with Crippen molar-refractivity contribution in [1.29, 1.82) is 0 Å². The van der Waals surface area contributed by atoms with Crippen LogP contribution in [-0.2, 0) is 4.79 Å². The molecule has 0 bridgehead atoms. The molecule has 0 fully saturated rings. The van der Waals surface area contributed by atoms with Crippen LogP contribution in [-0.4, -0.2) is 30.7 Å². The summed E-state index contributed by atoms with van der Waals surface area (Å²) in [6.45, 7) is 2.98. The molecule has 6 nitrogen and oxygen atoms in total. The number of hydrogen-bond donors (Lipinski definition) is 1. The second kappa shape index (κ2) is 6.60. The first-order valence-corrected chi connectivity index (χ1v) is 8.68. The number of hydrogen-bond acceptors (Lipinski definition) is 6. The molecule has 1 aromatic heterocycles. The minimum Gasteiger partial charge on any atom is -0.486 e. The molecule has 2 aromatic carbocycles. The number of aryl methyl sites for hydroxylation is 1. The molecule has 0 unspecified atom stereocenters. The monoisotopic (exact) mass is 356 g/mol. The van der Waals surface area contributed by atoms with Gasteiger partial charge in [0.1, 0.15) is 19.0 Å². The number of amides is 1. The van der Waals surface area contributed by atoms with E-state index in [4.69, 9.17) is 14.2 Å². The van der Waals surface area contributed by atoms with Crippen LogP contribution in [0.25, 0.3) is 10.2 Å². The molecule has 0 aliphatic carbocycles. The quantitative estimate of drug-likeness (QED) is 0.776. The highest BCUT2D eigenvalue weighted by Gasteiger charge is 2.16. The number of benzene rings is 2. The Morgan fingerprint density at radius 2 is 2.04 bits per heavy atom. The van der Waals surface area contributed by atoms with Gasteiger partial charge in [0.05, 0.1) is 10.2 Å². The number of anilines is 1. The molecule has 2 heterocycles. The first-order chi connectivity index (χ1) is 12.2. The molecule has 7 heteroatoms. The molecular weight excluding hydrogens is 340 g/mol. The van der Waals surface area contributed by atoms with Crippen LogP contribution in [0.15, 0.2) is 36.4 Å². The van der Waals surface area contributed by atoms with E-state index in [2.05, 4.69) is 10.3 Å². The zero-order valence-corrected chi connectivity index (χ0v) is 14.4. The maximum atomic E-state index is 12.1. The van der Waals surface area contributed by atoms with Gasteiger partial charge in [0.25, 0.3) is 5.91 Å². The number of ether oxygens (including phenoxy) is 3. The van der Waals surface area contributed by atoms with Gasteiger partial charge < -0.3 is 14.2 Å². The second-order valence-corrected chi connectivity index (χ2v) is 6.67. The average molecular weight is 356 g/mol. The molecule has 4 rings (SSSR count). The van der Waals surface area contributed by atoms with Gasteiger partial charge in [0.2, 0.25) is 0 Å². The maximum absolute atomic E-state index is 12.1. The number of nitrogens with one attached hydrogen (secondary N) is 1. The van der Waals surface area contributed by atoms with E-state index in [0.717, 1.165) is 15.8 Å². The highest BCUT2D eigenvalue weighted by Crippen LogP contribution is 2.37. The lowest BCUT2D eigenvalue weighted by molar-refractivity contribution is -0.118. The van der Waals surface area contributed by atoms with Gasteiger partial charge in [-0.15, -0.1) is 0 Å². The minimum atomic E-state index is -0.252. The van der Waals surface area contributed by atoms with E-state index >= 15 is 0 Å². The molecular formula is C18H16N2O4S. The second-order valence-electron chi connectivity index (χ2n) is 5.64. The molecule has 3 aromatic rings. The van der Waals surface area contributed by atoms with Crippen LogP contribution >= 0.6 is 11.3 Å². The third-order valence-corrected chi connectivity index (χ3v) is 4.59. The Balaban J connectivity index is 1.44. The molecule has 0 saturated heterocycles. The standard InChI is InChI=1S/C18H16N2O4S/c1-11-3-2-4-12(7-11)24-10-17(21)20-18-19-13-8-14-15(9-16(13)25-18)23-6-5-22-14/h2-4,7-9H,5-6,10H2,1H3,(H,19,20,21). The Kier molecular flexibility index (Phi) is 4.15. The number of aromatic nitrogens is 1. The topological polar surface area (TPSA) is 69.7 Å². The van der Waals surface area contributed by atoms with Crippen molar-refractivity contribution in [3.63, 3.8) is 0 Å². The van der Waals surface area contributed by atoms with Crippen molar-refractivity contribution < 1.29 is 19.0 Å². The highest BCUT2D eigenvalue weighted by molar-refractivity contribution is 7.22. The normalized spacial score (nSPS) is 12.8. The van der Waals surface area contributed by atoms with E-state index in [9.17, 15) is 4.79 Å². The van der Waals surface area contributed by atoms with Crippen LogP contribution in [0.5, 0.6) is 17.2 Å². The number of thiazole rings is 1. The Morgan fingerprint density at radius 3 is 2.84 bits per heavy atom. The summed E-state index contributed by atoms with van der Waals surface area (Å²) in [4.78, 5) is 16.5. The first kappa shape index (κ1) is 15.7. The van der Waals surface area contributed by atoms with Gasteiger partial charge in [-0.3, -0.25) is 10.1 Å². The molecule has 0 radical (unpaired) electrons. The smallest absolute Gasteiger partial charge is 0.264 e. The van der Waals surface area contributed by atoms with Crippen LogP contribution in [0.3, 0.4) is 0 Å². The van der Waals surface area contributed by atoms with Gasteiger partial charge in [0.15, 0.2) is 23.2 Å². The number of carbonyl (C=O) groups is 1. The highest BCUT2D eigenvalue weighted by atomic mass is 32.1. The largest absolute Gasteiger partial charge is 0.486 e. The fourth-order valence-electron chi connectivity index (χ4n) is 2.53. The molecule has 0 saturated carbocycles. The Labute approximate surface area is 148 Å². The van der Waals surface area contributed by atoms with Crippen molar-refractivity contribution in [2.45, 2.75) is 6.92 Å². The summed E-state index contributed by atoms with van der Waals surface area (Å²) in [7, 11) is 0. The third-order valence-electron chi connectivity index (χ3n) is 3.66. The molecule has 25 heavy (non-hydrogen) atoms. The summed E-state index contributed by atoms with van der Waals surface area (Å²) >= 11 is 1.39. The Hall–Kier alpha value is -2.80. The number of rotatable bonds is 4. The molecule has 1 N–H and O–H groups in total. The van der Waals surface area contributed by atoms with E-state index in [1.165, 1.54) is 11.3 Å². The fraction of sp³-hybridized carbons (Fsp3) is 0.222. The van der Waals surface area contributed by atoms with Crippen LogP contribution in [0.4, 0.5) is 5.13 Å². The lowest BCUT2D eigenvalue weighted by Gasteiger charge is -2.17. The van der Waals surface area contributed by atoms with Crippen molar-refractivity contribution >= 4 is 32.6 Å². The van der Waals surface area contributed by atoms with Crippen molar-refractivity contribution in [3.05, 3.63) is 42.0 Å². The summed E-state index contributed by atoms with van der Waals surface area (Å²) in [6, 6.07) is 11.3. The van der Waals surface area contributed by atoms with E-state index in [-0.39, 0.29) is 12.5 Å². The van der Waals surface area contributed by atoms with Crippen molar-refractivity contribution in [3.8, 4) is 17.2 Å². The van der Waals surface area contributed by atoms with E-state index in [1.807, 2.05) is 43.3 Å². The van der Waals surface area contributed by atoms with Crippen LogP contribution in [0, 0.1) is 6.92 Å². The Bertz CT molecular complexity index is 895. The summed E-state index contributed by atoms with van der Waals surface area (Å²) in [5.74, 6) is 1.81. The molecule has 1 aliphatic heterocycles. The fourth-order valence-corrected chi connectivity index (χ4v) is 3.42. The van der Waals surface area contributed by atoms with Gasteiger partial charge in [-0.05, 0) is 24.6 Å². The van der Waals surface area contributed by atoms with Crippen LogP contribution < -0.4 is 19.5 Å². The zero-order chi connectivity index (χ0) is 17.2. The maximum Gasteiger partial charge on any atom is 0.264 e. The van der Waals surface area contributed by atoms with Crippen molar-refractivity contribution in [1.82, 2.24) is 4.98 Å². The van der Waals surface area contributed by atoms with E-state index in [0.29, 0.717) is 35.6 Å². The first-order valence-electron chi connectivity index (χ1n) is 7.87. The summed E-state index contributed by atoms with van der Waals surface area (Å²) in [6.07, 6.45) is 0. The number of carbonyl (C=O) groups excluding carboxylic acids is 1. The SMILES string of the molecule is Cc1cccc(OCC(=O)Nc2nc3cc4c(cc3s2)OCCO4)c1. The van der Waals surface area contributed by atoms with Crippen molar-refractivity contribution in [2.75, 3.05) is 25.1 Å². The summed E-state index contributed by atoms with van der Waals surface area (Å²) < 4.78 is 17.5. The molecule has 0 spiro atoms. The molecule has 1 aliphatic rings. The third kappa shape index (κ3) is 3.51. The van der Waals surface area contributed by atoms with Gasteiger partial charge in [-0.2, -0.15) is 0 Å². The zero-order valence-electron chi connectivity index (χ0n) is 13.6. The van der Waals surface area contributed by atoms with Crippen molar-refractivity contribution in [2.24, 2.45) is 0 Å². The van der Waals surface area contributed by atoms with Crippen LogP contribution in [0.2, 0.25) is 0 Å². The Morgan fingerprint density at radius 1 is 1.24 bits per heavy atom. The van der Waals surface area contributed by atoms with Gasteiger partial charge in [-0.1, -0.05) is 23.5 Å². The minimum absolute atomic E-state index is 0.0674. The van der Waals surface area contributed by atoms with E-state index in [1.54, 1.807) is 0 Å². The molecule has 128 valence electrons. The lowest BCUT2D eigenvalue weighted by atomic mass is 10.2. The average Bonchev–Trinajstić information content (AvgIpc) is 2.99. The van der Waals surface area contributed by atoms with Gasteiger partial charge >= 0.3 is 0 Å². The summed E-state index contributed by atoms with van der Waals surface area (Å²) in [5.41, 5.74) is 1.85.